The smallest absolute Gasteiger partial charge is 0.407 e. The van der Waals surface area contributed by atoms with Gasteiger partial charge >= 0.3 is 6.09 Å². The van der Waals surface area contributed by atoms with Gasteiger partial charge in [-0.25, -0.2) is 4.79 Å². The van der Waals surface area contributed by atoms with Gasteiger partial charge in [0, 0.05) is 26.6 Å². The molecular weight excluding hydrogens is 320 g/mol. The fourth-order valence-electron chi connectivity index (χ4n) is 2.46. The molecule has 1 aliphatic rings. The van der Waals surface area contributed by atoms with Crippen LogP contribution in [0.15, 0.2) is 29.3 Å². The van der Waals surface area contributed by atoms with Gasteiger partial charge in [-0.1, -0.05) is 18.2 Å². The average Bonchev–Trinajstić information content (AvgIpc) is 2.95. The molecule has 1 aromatic rings. The average molecular weight is 348 g/mol. The fourth-order valence-corrected chi connectivity index (χ4v) is 2.46. The van der Waals surface area contributed by atoms with E-state index in [0.717, 1.165) is 12.2 Å². The van der Waals surface area contributed by atoms with Crippen molar-refractivity contribution in [2.45, 2.75) is 38.9 Å². The van der Waals surface area contributed by atoms with E-state index in [1.807, 2.05) is 39.0 Å². The first-order valence-corrected chi connectivity index (χ1v) is 8.53. The standard InChI is InChI=1S/C18H28N4O3/c1-18(2,3)25-17(23)21-10-9-20-16(19-4)22-12-14-11-13-7-5-6-8-15(13)24-14/h5-8,14H,9-12H2,1-4H3,(H,21,23)(H2,19,20,22). The number of alkyl carbamates (subject to hydrolysis) is 1. The Morgan fingerprint density at radius 2 is 1.96 bits per heavy atom. The van der Waals surface area contributed by atoms with Crippen molar-refractivity contribution >= 4 is 12.1 Å². The quantitative estimate of drug-likeness (QED) is 0.428. The summed E-state index contributed by atoms with van der Waals surface area (Å²) in [6, 6.07) is 8.08. The van der Waals surface area contributed by atoms with Crippen LogP contribution >= 0.6 is 0 Å². The van der Waals surface area contributed by atoms with E-state index < -0.39 is 11.7 Å². The van der Waals surface area contributed by atoms with Crippen LogP contribution in [-0.2, 0) is 11.2 Å². The molecule has 138 valence electrons. The van der Waals surface area contributed by atoms with Gasteiger partial charge in [-0.3, -0.25) is 4.99 Å². The van der Waals surface area contributed by atoms with Gasteiger partial charge in [0.05, 0.1) is 6.54 Å². The minimum Gasteiger partial charge on any atom is -0.488 e. The maximum Gasteiger partial charge on any atom is 0.407 e. The molecule has 1 aromatic carbocycles. The molecule has 1 amide bonds. The van der Waals surface area contributed by atoms with Crippen LogP contribution in [0, 0.1) is 0 Å². The molecule has 0 saturated heterocycles. The Kier molecular flexibility index (Phi) is 6.50. The Bertz CT molecular complexity index is 586. The Hall–Kier alpha value is -2.44. The Balaban J connectivity index is 1.63. The van der Waals surface area contributed by atoms with E-state index in [2.05, 4.69) is 27.0 Å². The predicted molar refractivity (Wildman–Crippen MR) is 98.2 cm³/mol. The van der Waals surface area contributed by atoms with Crippen LogP contribution in [-0.4, -0.2) is 50.4 Å². The zero-order valence-corrected chi connectivity index (χ0v) is 15.4. The summed E-state index contributed by atoms with van der Waals surface area (Å²) in [7, 11) is 1.71. The van der Waals surface area contributed by atoms with Crippen molar-refractivity contribution in [1.82, 2.24) is 16.0 Å². The molecule has 1 atom stereocenters. The third-order valence-corrected chi connectivity index (χ3v) is 3.52. The Morgan fingerprint density at radius 1 is 1.24 bits per heavy atom. The zero-order chi connectivity index (χ0) is 18.3. The van der Waals surface area contributed by atoms with E-state index in [0.29, 0.717) is 25.6 Å². The van der Waals surface area contributed by atoms with E-state index in [9.17, 15) is 4.79 Å². The van der Waals surface area contributed by atoms with E-state index in [4.69, 9.17) is 9.47 Å². The van der Waals surface area contributed by atoms with Crippen molar-refractivity contribution in [1.29, 1.82) is 0 Å². The van der Waals surface area contributed by atoms with Gasteiger partial charge in [-0.2, -0.15) is 0 Å². The maximum absolute atomic E-state index is 11.6. The molecular formula is C18H28N4O3. The summed E-state index contributed by atoms with van der Waals surface area (Å²) >= 11 is 0. The molecule has 2 rings (SSSR count). The number of carbonyl (C=O) groups excluding carboxylic acids is 1. The van der Waals surface area contributed by atoms with Crippen molar-refractivity contribution in [3.63, 3.8) is 0 Å². The summed E-state index contributed by atoms with van der Waals surface area (Å²) < 4.78 is 11.1. The van der Waals surface area contributed by atoms with Crippen LogP contribution in [0.4, 0.5) is 4.79 Å². The van der Waals surface area contributed by atoms with Crippen molar-refractivity contribution in [2.75, 3.05) is 26.7 Å². The van der Waals surface area contributed by atoms with Crippen LogP contribution in [0.25, 0.3) is 0 Å². The summed E-state index contributed by atoms with van der Waals surface area (Å²) in [4.78, 5) is 15.7. The van der Waals surface area contributed by atoms with Crippen molar-refractivity contribution in [3.05, 3.63) is 29.8 Å². The molecule has 3 N–H and O–H groups in total. The number of nitrogens with zero attached hydrogens (tertiary/aromatic N) is 1. The third-order valence-electron chi connectivity index (χ3n) is 3.52. The molecule has 0 aromatic heterocycles. The van der Waals surface area contributed by atoms with Crippen molar-refractivity contribution < 1.29 is 14.3 Å². The number of fused-ring (bicyclic) bond motifs is 1. The monoisotopic (exact) mass is 348 g/mol. The van der Waals surface area contributed by atoms with Gasteiger partial charge in [-0.15, -0.1) is 0 Å². The normalized spacial score (nSPS) is 16.6. The topological polar surface area (TPSA) is 84.0 Å². The molecule has 0 fully saturated rings. The number of ether oxygens (including phenoxy) is 2. The minimum absolute atomic E-state index is 0.0934. The lowest BCUT2D eigenvalue weighted by molar-refractivity contribution is 0.0529. The molecule has 7 heteroatoms. The van der Waals surface area contributed by atoms with E-state index in [1.54, 1.807) is 7.05 Å². The van der Waals surface area contributed by atoms with Crippen LogP contribution in [0.5, 0.6) is 5.75 Å². The van der Waals surface area contributed by atoms with Crippen LogP contribution in [0.3, 0.4) is 0 Å². The first-order chi connectivity index (χ1) is 11.9. The lowest BCUT2D eigenvalue weighted by atomic mass is 10.1. The van der Waals surface area contributed by atoms with Gasteiger partial charge in [0.15, 0.2) is 5.96 Å². The Morgan fingerprint density at radius 3 is 2.64 bits per heavy atom. The molecule has 1 heterocycles. The predicted octanol–water partition coefficient (Wildman–Crippen LogP) is 1.68. The number of aliphatic imine (C=N–C) groups is 1. The Labute approximate surface area is 149 Å². The first-order valence-electron chi connectivity index (χ1n) is 8.53. The summed E-state index contributed by atoms with van der Waals surface area (Å²) in [5.41, 5.74) is 0.743. The van der Waals surface area contributed by atoms with Gasteiger partial charge in [0.1, 0.15) is 17.5 Å². The molecule has 0 aliphatic carbocycles. The lowest BCUT2D eigenvalue weighted by Crippen LogP contribution is -2.45. The number of carbonyl (C=O) groups is 1. The van der Waals surface area contributed by atoms with E-state index in [-0.39, 0.29) is 6.10 Å². The van der Waals surface area contributed by atoms with Gasteiger partial charge < -0.3 is 25.4 Å². The van der Waals surface area contributed by atoms with Gasteiger partial charge in [0.2, 0.25) is 0 Å². The highest BCUT2D eigenvalue weighted by Gasteiger charge is 2.22. The summed E-state index contributed by atoms with van der Waals surface area (Å²) in [5, 5.41) is 9.08. The number of guanidine groups is 1. The number of hydrogen-bond donors (Lipinski definition) is 3. The molecule has 0 radical (unpaired) electrons. The summed E-state index contributed by atoms with van der Waals surface area (Å²) in [6.07, 6.45) is 0.561. The van der Waals surface area contributed by atoms with Crippen LogP contribution in [0.2, 0.25) is 0 Å². The van der Waals surface area contributed by atoms with Crippen LogP contribution < -0.4 is 20.7 Å². The maximum atomic E-state index is 11.6. The second kappa shape index (κ2) is 8.60. The lowest BCUT2D eigenvalue weighted by Gasteiger charge is -2.20. The third kappa shape index (κ3) is 6.52. The second-order valence-electron chi connectivity index (χ2n) is 6.86. The van der Waals surface area contributed by atoms with Crippen molar-refractivity contribution in [2.24, 2.45) is 4.99 Å². The molecule has 7 nitrogen and oxygen atoms in total. The molecule has 0 spiro atoms. The van der Waals surface area contributed by atoms with Crippen LogP contribution in [0.1, 0.15) is 26.3 Å². The molecule has 25 heavy (non-hydrogen) atoms. The number of hydrogen-bond acceptors (Lipinski definition) is 4. The highest BCUT2D eigenvalue weighted by Crippen LogP contribution is 2.27. The summed E-state index contributed by atoms with van der Waals surface area (Å²) in [5.74, 6) is 1.63. The fraction of sp³-hybridized carbons (Fsp3) is 0.556. The SMILES string of the molecule is CN=C(NCCNC(=O)OC(C)(C)C)NCC1Cc2ccccc2O1. The first kappa shape index (κ1) is 18.9. The number of benzene rings is 1. The summed E-state index contributed by atoms with van der Waals surface area (Å²) in [6.45, 7) is 7.15. The number of rotatable bonds is 5. The second-order valence-corrected chi connectivity index (χ2v) is 6.86. The number of amides is 1. The zero-order valence-electron chi connectivity index (χ0n) is 15.4. The molecule has 1 aliphatic heterocycles. The number of para-hydroxylation sites is 1. The molecule has 0 bridgehead atoms. The van der Waals surface area contributed by atoms with Gasteiger partial charge in [0.25, 0.3) is 0 Å². The molecule has 1 unspecified atom stereocenters. The van der Waals surface area contributed by atoms with Gasteiger partial charge in [-0.05, 0) is 32.4 Å². The minimum atomic E-state index is -0.492. The molecule has 0 saturated carbocycles. The van der Waals surface area contributed by atoms with E-state index in [1.165, 1.54) is 5.56 Å². The number of nitrogens with one attached hydrogen (secondary N) is 3. The highest BCUT2D eigenvalue weighted by atomic mass is 16.6. The highest BCUT2D eigenvalue weighted by molar-refractivity contribution is 5.79. The van der Waals surface area contributed by atoms with Crippen molar-refractivity contribution in [3.8, 4) is 5.75 Å². The van der Waals surface area contributed by atoms with E-state index >= 15 is 0 Å². The largest absolute Gasteiger partial charge is 0.488 e.